The lowest BCUT2D eigenvalue weighted by Crippen LogP contribution is -2.29. The van der Waals surface area contributed by atoms with E-state index >= 15 is 0 Å². The number of aryl methyl sites for hydroxylation is 1. The second-order valence-electron chi connectivity index (χ2n) is 10.5. The van der Waals surface area contributed by atoms with Crippen molar-refractivity contribution in [2.75, 3.05) is 26.4 Å². The molecule has 2 fully saturated rings. The molecule has 2 aliphatic heterocycles. The molecule has 176 valence electrons. The molecule has 0 amide bonds. The normalized spacial score (nSPS) is 26.1. The first-order chi connectivity index (χ1) is 16.5. The number of hydrogen-bond acceptors (Lipinski definition) is 4. The molecule has 3 aliphatic rings. The van der Waals surface area contributed by atoms with Gasteiger partial charge in [0.1, 0.15) is 36.9 Å². The molecule has 0 radical (unpaired) electrons. The summed E-state index contributed by atoms with van der Waals surface area (Å²) in [7, 11) is 0. The van der Waals surface area contributed by atoms with Gasteiger partial charge in [-0.3, -0.25) is 0 Å². The van der Waals surface area contributed by atoms with E-state index in [1.54, 1.807) is 0 Å². The van der Waals surface area contributed by atoms with Crippen molar-refractivity contribution >= 4 is 0 Å². The van der Waals surface area contributed by atoms with Crippen LogP contribution in [0.2, 0.25) is 0 Å². The van der Waals surface area contributed by atoms with Gasteiger partial charge in [0.15, 0.2) is 0 Å². The Morgan fingerprint density at radius 2 is 1.41 bits per heavy atom. The lowest BCUT2D eigenvalue weighted by Gasteiger charge is -2.34. The Hall–Kier alpha value is -2.82. The Morgan fingerprint density at radius 3 is 2.06 bits per heavy atom. The third-order valence-electron chi connectivity index (χ3n) is 7.50. The van der Waals surface area contributed by atoms with Crippen LogP contribution in [0, 0.1) is 6.92 Å². The van der Waals surface area contributed by atoms with E-state index in [0.717, 1.165) is 36.7 Å². The predicted octanol–water partition coefficient (Wildman–Crippen LogP) is 5.57. The highest BCUT2D eigenvalue weighted by atomic mass is 16.6. The molecule has 0 bridgehead atoms. The van der Waals surface area contributed by atoms with Gasteiger partial charge in [0.25, 0.3) is 0 Å². The Kier molecular flexibility index (Phi) is 5.20. The van der Waals surface area contributed by atoms with Crippen LogP contribution in [0.5, 0.6) is 11.5 Å². The van der Waals surface area contributed by atoms with Crippen LogP contribution < -0.4 is 9.47 Å². The Labute approximate surface area is 201 Å². The van der Waals surface area contributed by atoms with Crippen molar-refractivity contribution in [3.8, 4) is 11.5 Å². The summed E-state index contributed by atoms with van der Waals surface area (Å²) in [6.07, 6.45) is 1.51. The summed E-state index contributed by atoms with van der Waals surface area (Å²) in [4.78, 5) is 0. The summed E-state index contributed by atoms with van der Waals surface area (Å²) < 4.78 is 22.6. The highest BCUT2D eigenvalue weighted by molar-refractivity contribution is 5.60. The fourth-order valence-corrected chi connectivity index (χ4v) is 5.59. The van der Waals surface area contributed by atoms with Crippen LogP contribution in [0.1, 0.15) is 48.1 Å². The van der Waals surface area contributed by atoms with E-state index in [2.05, 4.69) is 87.5 Å². The third kappa shape index (κ3) is 3.89. The van der Waals surface area contributed by atoms with Gasteiger partial charge in [-0.05, 0) is 64.8 Å². The lowest BCUT2D eigenvalue weighted by molar-refractivity contribution is 0.261. The first-order valence-electron chi connectivity index (χ1n) is 12.3. The number of rotatable bonds is 8. The van der Waals surface area contributed by atoms with Gasteiger partial charge in [-0.1, -0.05) is 62.4 Å². The molecule has 1 aliphatic carbocycles. The molecule has 2 saturated heterocycles. The standard InChI is InChI=1S/C30H32O4/c1-20-14-22(10-13-28(20)34-18-25-17-33-25)30(19-29(2,3)26-6-4-5-7-27(26)30)21-8-11-23(12-9-21)31-15-24-16-32-24/h4-14,24-25H,15-19H2,1-3H3. The van der Waals surface area contributed by atoms with E-state index in [1.165, 1.54) is 22.3 Å². The molecule has 6 rings (SSSR count). The summed E-state index contributed by atoms with van der Waals surface area (Å²) in [5.41, 5.74) is 6.38. The number of fused-ring (bicyclic) bond motifs is 1. The maximum Gasteiger partial charge on any atom is 0.122 e. The minimum Gasteiger partial charge on any atom is -0.491 e. The number of benzene rings is 3. The molecule has 2 heterocycles. The van der Waals surface area contributed by atoms with Gasteiger partial charge in [0.2, 0.25) is 0 Å². The average Bonchev–Trinajstić information content (AvgIpc) is 3.77. The molecule has 0 spiro atoms. The summed E-state index contributed by atoms with van der Waals surface area (Å²) >= 11 is 0. The van der Waals surface area contributed by atoms with Gasteiger partial charge in [0, 0.05) is 5.41 Å². The monoisotopic (exact) mass is 456 g/mol. The average molecular weight is 457 g/mol. The minimum atomic E-state index is -0.235. The molecule has 4 heteroatoms. The molecule has 3 aromatic carbocycles. The SMILES string of the molecule is Cc1cc(C2(c3ccc(OCC4CO4)cc3)CC(C)(C)c3ccccc32)ccc1OCC1CO1. The molecule has 0 aromatic heterocycles. The van der Waals surface area contributed by atoms with E-state index < -0.39 is 0 Å². The van der Waals surface area contributed by atoms with Crippen molar-refractivity contribution in [2.45, 2.75) is 50.2 Å². The van der Waals surface area contributed by atoms with E-state index in [4.69, 9.17) is 18.9 Å². The van der Waals surface area contributed by atoms with Crippen molar-refractivity contribution in [3.05, 3.63) is 94.5 Å². The summed E-state index contributed by atoms with van der Waals surface area (Å²) in [6, 6.07) is 24.3. The fourth-order valence-electron chi connectivity index (χ4n) is 5.59. The van der Waals surface area contributed by atoms with Crippen LogP contribution in [0.3, 0.4) is 0 Å². The van der Waals surface area contributed by atoms with Crippen molar-refractivity contribution in [3.63, 3.8) is 0 Å². The van der Waals surface area contributed by atoms with Gasteiger partial charge in [-0.25, -0.2) is 0 Å². The smallest absolute Gasteiger partial charge is 0.122 e. The molecule has 0 N–H and O–H groups in total. The second kappa shape index (κ2) is 8.14. The maximum atomic E-state index is 6.04. The van der Waals surface area contributed by atoms with E-state index in [-0.39, 0.29) is 23.0 Å². The fraction of sp³-hybridized carbons (Fsp3) is 0.400. The molecule has 3 atom stereocenters. The zero-order valence-electron chi connectivity index (χ0n) is 20.2. The van der Waals surface area contributed by atoms with Crippen LogP contribution in [0.4, 0.5) is 0 Å². The zero-order valence-corrected chi connectivity index (χ0v) is 20.2. The summed E-state index contributed by atoms with van der Waals surface area (Å²) in [5.74, 6) is 1.83. The van der Waals surface area contributed by atoms with Crippen molar-refractivity contribution in [1.82, 2.24) is 0 Å². The maximum absolute atomic E-state index is 6.04. The topological polar surface area (TPSA) is 43.5 Å². The number of hydrogen-bond donors (Lipinski definition) is 0. The van der Waals surface area contributed by atoms with Crippen molar-refractivity contribution in [1.29, 1.82) is 0 Å². The van der Waals surface area contributed by atoms with Crippen LogP contribution >= 0.6 is 0 Å². The molecule has 3 aromatic rings. The molecule has 0 saturated carbocycles. The van der Waals surface area contributed by atoms with E-state index in [9.17, 15) is 0 Å². The largest absolute Gasteiger partial charge is 0.491 e. The van der Waals surface area contributed by atoms with Gasteiger partial charge in [0.05, 0.1) is 13.2 Å². The molecule has 34 heavy (non-hydrogen) atoms. The Bertz CT molecular complexity index is 1190. The lowest BCUT2D eigenvalue weighted by atomic mass is 9.68. The highest BCUT2D eigenvalue weighted by Gasteiger charge is 2.49. The summed E-state index contributed by atoms with van der Waals surface area (Å²) in [5, 5.41) is 0. The van der Waals surface area contributed by atoms with E-state index in [1.807, 2.05) is 0 Å². The van der Waals surface area contributed by atoms with Crippen LogP contribution in [-0.4, -0.2) is 38.6 Å². The van der Waals surface area contributed by atoms with Gasteiger partial charge in [-0.15, -0.1) is 0 Å². The molecular weight excluding hydrogens is 424 g/mol. The molecule has 3 unspecified atom stereocenters. The number of epoxide rings is 2. The highest BCUT2D eigenvalue weighted by Crippen LogP contribution is 2.56. The zero-order chi connectivity index (χ0) is 23.3. The number of ether oxygens (including phenoxy) is 4. The Balaban J connectivity index is 1.42. The molecule has 4 nitrogen and oxygen atoms in total. The van der Waals surface area contributed by atoms with Crippen LogP contribution in [0.25, 0.3) is 0 Å². The predicted molar refractivity (Wildman–Crippen MR) is 132 cm³/mol. The van der Waals surface area contributed by atoms with Crippen LogP contribution in [0.15, 0.2) is 66.7 Å². The van der Waals surface area contributed by atoms with Crippen molar-refractivity contribution < 1.29 is 18.9 Å². The van der Waals surface area contributed by atoms with Crippen molar-refractivity contribution in [2.24, 2.45) is 0 Å². The minimum absolute atomic E-state index is 0.0570. The Morgan fingerprint density at radius 1 is 0.794 bits per heavy atom. The quantitative estimate of drug-likeness (QED) is 0.416. The van der Waals surface area contributed by atoms with E-state index in [0.29, 0.717) is 13.2 Å². The van der Waals surface area contributed by atoms with Gasteiger partial charge in [-0.2, -0.15) is 0 Å². The third-order valence-corrected chi connectivity index (χ3v) is 7.50. The molecular formula is C30H32O4. The van der Waals surface area contributed by atoms with Gasteiger partial charge < -0.3 is 18.9 Å². The summed E-state index contributed by atoms with van der Waals surface area (Å²) in [6.45, 7) is 9.71. The first-order valence-corrected chi connectivity index (χ1v) is 12.3. The second-order valence-corrected chi connectivity index (χ2v) is 10.5. The van der Waals surface area contributed by atoms with Gasteiger partial charge >= 0.3 is 0 Å². The first kappa shape index (κ1) is 21.7. The van der Waals surface area contributed by atoms with Crippen LogP contribution in [-0.2, 0) is 20.3 Å².